The lowest BCUT2D eigenvalue weighted by Gasteiger charge is -2.24. The third-order valence-corrected chi connectivity index (χ3v) is 5.77. The van der Waals surface area contributed by atoms with Gasteiger partial charge in [0.1, 0.15) is 12.1 Å². The van der Waals surface area contributed by atoms with E-state index in [9.17, 15) is 19.2 Å². The van der Waals surface area contributed by atoms with Crippen molar-refractivity contribution in [1.82, 2.24) is 21.4 Å². The third-order valence-electron chi connectivity index (χ3n) is 5.77. The average molecular weight is 500 g/mol. The van der Waals surface area contributed by atoms with Gasteiger partial charge in [0.25, 0.3) is 0 Å². The summed E-state index contributed by atoms with van der Waals surface area (Å²) in [5, 5.41) is 19.0. The minimum Gasteiger partial charge on any atom is -0.353 e. The van der Waals surface area contributed by atoms with Crippen LogP contribution in [0.3, 0.4) is 0 Å². The predicted octanol–water partition coefficient (Wildman–Crippen LogP) is 1.00. The van der Waals surface area contributed by atoms with Gasteiger partial charge in [0.2, 0.25) is 23.6 Å². The van der Waals surface area contributed by atoms with Crippen molar-refractivity contribution in [3.05, 3.63) is 48.0 Å². The number of hydrogen-bond acceptors (Lipinski definition) is 6. The predicted molar refractivity (Wildman–Crippen MR) is 137 cm³/mol. The van der Waals surface area contributed by atoms with Crippen molar-refractivity contribution < 1.29 is 24.4 Å². The first kappa shape index (κ1) is 28.7. The van der Waals surface area contributed by atoms with Gasteiger partial charge < -0.3 is 21.7 Å². The van der Waals surface area contributed by atoms with Crippen LogP contribution in [-0.4, -0.2) is 54.0 Å². The number of hydrogen-bond donors (Lipinski definition) is 6. The molecule has 0 heterocycles. The molecule has 0 aliphatic rings. The SMILES string of the molecule is CC(C)CC(CC(=O)NO)C(=O)N[C@H](Cc1ccc2ccccc2c1)C(=O)NC(C)C(=O)NCCN. The summed E-state index contributed by atoms with van der Waals surface area (Å²) in [5.74, 6) is -2.71. The van der Waals surface area contributed by atoms with Gasteiger partial charge in [0, 0.05) is 31.8 Å². The Morgan fingerprint density at radius 2 is 1.61 bits per heavy atom. The molecule has 0 aromatic heterocycles. The van der Waals surface area contributed by atoms with Gasteiger partial charge in [-0.3, -0.25) is 24.4 Å². The molecule has 0 fully saturated rings. The molecule has 0 saturated heterocycles. The second-order valence-corrected chi connectivity index (χ2v) is 9.32. The van der Waals surface area contributed by atoms with Gasteiger partial charge >= 0.3 is 0 Å². The first-order chi connectivity index (χ1) is 17.1. The van der Waals surface area contributed by atoms with Crippen molar-refractivity contribution in [2.24, 2.45) is 17.6 Å². The van der Waals surface area contributed by atoms with Gasteiger partial charge in [-0.25, -0.2) is 5.48 Å². The Labute approximate surface area is 211 Å². The molecule has 10 nitrogen and oxygen atoms in total. The molecule has 7 N–H and O–H groups in total. The highest BCUT2D eigenvalue weighted by Crippen LogP contribution is 2.19. The second-order valence-electron chi connectivity index (χ2n) is 9.32. The first-order valence-electron chi connectivity index (χ1n) is 12.1. The normalized spacial score (nSPS) is 13.5. The maximum atomic E-state index is 13.2. The van der Waals surface area contributed by atoms with Crippen molar-refractivity contribution in [2.45, 2.75) is 52.1 Å². The molecule has 0 aliphatic carbocycles. The summed E-state index contributed by atoms with van der Waals surface area (Å²) < 4.78 is 0. The standard InChI is InChI=1S/C26H37N5O5/c1-16(2)12-21(15-23(32)31-36)25(34)30-22(26(35)29-17(3)24(33)28-11-10-27)14-18-8-9-19-6-4-5-7-20(19)13-18/h4-9,13,16-17,21-22,36H,10-12,14-15,27H2,1-3H3,(H,28,33)(H,29,35)(H,30,34)(H,31,32)/t17?,21?,22-/m1/s1. The fraction of sp³-hybridized carbons (Fsp3) is 0.462. The molecule has 0 spiro atoms. The van der Waals surface area contributed by atoms with Crippen molar-refractivity contribution in [1.29, 1.82) is 0 Å². The summed E-state index contributed by atoms with van der Waals surface area (Å²) >= 11 is 0. The molecule has 36 heavy (non-hydrogen) atoms. The number of nitrogens with one attached hydrogen (secondary N) is 4. The van der Waals surface area contributed by atoms with E-state index in [1.807, 2.05) is 56.3 Å². The smallest absolute Gasteiger partial charge is 0.244 e. The number of carbonyl (C=O) groups excluding carboxylic acids is 4. The van der Waals surface area contributed by atoms with Crippen LogP contribution in [0.15, 0.2) is 42.5 Å². The van der Waals surface area contributed by atoms with E-state index in [1.165, 1.54) is 0 Å². The highest BCUT2D eigenvalue weighted by Gasteiger charge is 2.29. The monoisotopic (exact) mass is 499 g/mol. The van der Waals surface area contributed by atoms with E-state index in [1.54, 1.807) is 12.4 Å². The number of hydroxylamine groups is 1. The molecule has 0 saturated carbocycles. The summed E-state index contributed by atoms with van der Waals surface area (Å²) in [5.41, 5.74) is 7.80. The van der Waals surface area contributed by atoms with Gasteiger partial charge in [0.05, 0.1) is 0 Å². The molecule has 0 aliphatic heterocycles. The average Bonchev–Trinajstić information content (AvgIpc) is 2.85. The Morgan fingerprint density at radius 1 is 0.917 bits per heavy atom. The molecule has 0 bridgehead atoms. The molecule has 2 unspecified atom stereocenters. The maximum Gasteiger partial charge on any atom is 0.244 e. The van der Waals surface area contributed by atoms with E-state index < -0.39 is 35.7 Å². The number of amides is 4. The van der Waals surface area contributed by atoms with Crippen molar-refractivity contribution in [3.63, 3.8) is 0 Å². The highest BCUT2D eigenvalue weighted by atomic mass is 16.5. The Hall–Kier alpha value is -3.50. The minimum atomic E-state index is -0.990. The Bertz CT molecular complexity index is 1060. The molecule has 0 radical (unpaired) electrons. The fourth-order valence-electron chi connectivity index (χ4n) is 3.95. The highest BCUT2D eigenvalue weighted by molar-refractivity contribution is 5.93. The fourth-order valence-corrected chi connectivity index (χ4v) is 3.95. The molecular weight excluding hydrogens is 462 g/mol. The van der Waals surface area contributed by atoms with Gasteiger partial charge in [-0.15, -0.1) is 0 Å². The van der Waals surface area contributed by atoms with Gasteiger partial charge in [0.15, 0.2) is 0 Å². The summed E-state index contributed by atoms with van der Waals surface area (Å²) in [6.45, 7) is 5.92. The van der Waals surface area contributed by atoms with Gasteiger partial charge in [-0.05, 0) is 35.6 Å². The largest absolute Gasteiger partial charge is 0.353 e. The summed E-state index contributed by atoms with van der Waals surface area (Å²) in [4.78, 5) is 50.4. The quantitative estimate of drug-likeness (QED) is 0.178. The number of fused-ring (bicyclic) bond motifs is 1. The lowest BCUT2D eigenvalue weighted by Crippen LogP contribution is -2.54. The van der Waals surface area contributed by atoms with E-state index >= 15 is 0 Å². The van der Waals surface area contributed by atoms with E-state index in [0.29, 0.717) is 6.42 Å². The minimum absolute atomic E-state index is 0.103. The number of rotatable bonds is 13. The summed E-state index contributed by atoms with van der Waals surface area (Å²) in [6, 6.07) is 11.7. The maximum absolute atomic E-state index is 13.2. The van der Waals surface area contributed by atoms with Gasteiger partial charge in [-0.1, -0.05) is 56.3 Å². The van der Waals surface area contributed by atoms with Crippen LogP contribution in [0.1, 0.15) is 39.2 Å². The molecule has 4 amide bonds. The van der Waals surface area contributed by atoms with Crippen LogP contribution in [-0.2, 0) is 25.6 Å². The zero-order valence-corrected chi connectivity index (χ0v) is 21.0. The van der Waals surface area contributed by atoms with Gasteiger partial charge in [-0.2, -0.15) is 0 Å². The van der Waals surface area contributed by atoms with E-state index in [-0.39, 0.29) is 37.8 Å². The lowest BCUT2D eigenvalue weighted by molar-refractivity contribution is -0.137. The molecule has 2 aromatic rings. The van der Waals surface area contributed by atoms with E-state index in [4.69, 9.17) is 10.9 Å². The second kappa shape index (κ2) is 14.2. The Kier molecular flexibility index (Phi) is 11.3. The molecule has 3 atom stereocenters. The van der Waals surface area contributed by atoms with E-state index in [2.05, 4.69) is 16.0 Å². The lowest BCUT2D eigenvalue weighted by atomic mass is 9.92. The number of nitrogens with two attached hydrogens (primary N) is 1. The summed E-state index contributed by atoms with van der Waals surface area (Å²) in [7, 11) is 0. The molecule has 196 valence electrons. The molecule has 2 rings (SSSR count). The van der Waals surface area contributed by atoms with Crippen LogP contribution in [0.4, 0.5) is 0 Å². The van der Waals surface area contributed by atoms with Crippen LogP contribution < -0.4 is 27.2 Å². The Balaban J connectivity index is 2.26. The first-order valence-corrected chi connectivity index (χ1v) is 12.1. The van der Waals surface area contributed by atoms with Crippen LogP contribution in [0, 0.1) is 11.8 Å². The van der Waals surface area contributed by atoms with E-state index in [0.717, 1.165) is 16.3 Å². The van der Waals surface area contributed by atoms with Crippen LogP contribution in [0.2, 0.25) is 0 Å². The molecule has 10 heteroatoms. The van der Waals surface area contributed by atoms with Crippen molar-refractivity contribution >= 4 is 34.4 Å². The number of benzene rings is 2. The molecular formula is C26H37N5O5. The topological polar surface area (TPSA) is 163 Å². The van der Waals surface area contributed by atoms with Crippen LogP contribution >= 0.6 is 0 Å². The molecule has 2 aromatic carbocycles. The third kappa shape index (κ3) is 8.94. The van der Waals surface area contributed by atoms with Crippen LogP contribution in [0.5, 0.6) is 0 Å². The van der Waals surface area contributed by atoms with Crippen molar-refractivity contribution in [2.75, 3.05) is 13.1 Å². The zero-order valence-electron chi connectivity index (χ0n) is 21.0. The van der Waals surface area contributed by atoms with Crippen molar-refractivity contribution in [3.8, 4) is 0 Å². The summed E-state index contributed by atoms with van der Waals surface area (Å²) in [6.07, 6.45) is 0.352. The number of carbonyl (C=O) groups is 4. The Morgan fingerprint density at radius 3 is 2.25 bits per heavy atom. The van der Waals surface area contributed by atoms with Crippen LogP contribution in [0.25, 0.3) is 10.8 Å². The zero-order chi connectivity index (χ0) is 26.7.